The molecular formula is C12H19N3O. The molecule has 0 aromatic heterocycles. The third-order valence-corrected chi connectivity index (χ3v) is 2.47. The highest BCUT2D eigenvalue weighted by atomic mass is 16.4. The number of amidine groups is 1. The van der Waals surface area contributed by atoms with Crippen molar-refractivity contribution < 1.29 is 5.21 Å². The maximum Gasteiger partial charge on any atom is 0.161 e. The second-order valence-corrected chi connectivity index (χ2v) is 3.80. The number of hydrogen-bond acceptors (Lipinski definition) is 3. The largest absolute Gasteiger partial charge is 0.409 e. The van der Waals surface area contributed by atoms with Crippen LogP contribution in [0.2, 0.25) is 0 Å². The Labute approximate surface area is 96.2 Å². The minimum absolute atomic E-state index is 0.178. The number of hydrogen-bond donors (Lipinski definition) is 3. The summed E-state index contributed by atoms with van der Waals surface area (Å²) in [6, 6.07) is 7.91. The van der Waals surface area contributed by atoms with Gasteiger partial charge in [0.05, 0.1) is 6.04 Å². The summed E-state index contributed by atoms with van der Waals surface area (Å²) in [6.45, 7) is 4.00. The van der Waals surface area contributed by atoms with Gasteiger partial charge in [-0.2, -0.15) is 0 Å². The van der Waals surface area contributed by atoms with Crippen molar-refractivity contribution in [2.24, 2.45) is 10.9 Å². The molecular weight excluding hydrogens is 202 g/mol. The van der Waals surface area contributed by atoms with E-state index in [4.69, 9.17) is 10.9 Å². The summed E-state index contributed by atoms with van der Waals surface area (Å²) in [7, 11) is 0. The van der Waals surface area contributed by atoms with E-state index in [0.717, 1.165) is 18.5 Å². The maximum atomic E-state index is 8.58. The summed E-state index contributed by atoms with van der Waals surface area (Å²) in [5.74, 6) is 0.186. The third kappa shape index (κ3) is 3.15. The number of anilines is 1. The van der Waals surface area contributed by atoms with Crippen LogP contribution in [0.3, 0.4) is 0 Å². The number of benzene rings is 1. The molecule has 0 fully saturated rings. The van der Waals surface area contributed by atoms with E-state index in [2.05, 4.69) is 23.5 Å². The van der Waals surface area contributed by atoms with Crippen molar-refractivity contribution in [1.82, 2.24) is 0 Å². The normalized spacial score (nSPS) is 13.5. The van der Waals surface area contributed by atoms with Gasteiger partial charge in [-0.25, -0.2) is 0 Å². The topological polar surface area (TPSA) is 70.6 Å². The number of nitrogens with zero attached hydrogens (tertiary/aromatic N) is 1. The summed E-state index contributed by atoms with van der Waals surface area (Å²) in [6.07, 6.45) is 2.11. The van der Waals surface area contributed by atoms with Gasteiger partial charge in [-0.3, -0.25) is 0 Å². The van der Waals surface area contributed by atoms with E-state index in [1.165, 1.54) is 5.56 Å². The monoisotopic (exact) mass is 221 g/mol. The van der Waals surface area contributed by atoms with Crippen LogP contribution in [-0.4, -0.2) is 17.1 Å². The van der Waals surface area contributed by atoms with Gasteiger partial charge in [0.25, 0.3) is 0 Å². The Kier molecular flexibility index (Phi) is 4.64. The van der Waals surface area contributed by atoms with E-state index in [-0.39, 0.29) is 11.9 Å². The summed E-state index contributed by atoms with van der Waals surface area (Å²) >= 11 is 0. The summed E-state index contributed by atoms with van der Waals surface area (Å²) in [5.41, 5.74) is 7.82. The second kappa shape index (κ2) is 6.00. The van der Waals surface area contributed by atoms with Crippen molar-refractivity contribution in [3.63, 3.8) is 0 Å². The van der Waals surface area contributed by atoms with E-state index in [1.807, 2.05) is 25.1 Å². The highest BCUT2D eigenvalue weighted by Crippen LogP contribution is 2.17. The molecule has 0 aliphatic rings. The van der Waals surface area contributed by atoms with E-state index in [9.17, 15) is 0 Å². The molecule has 1 aromatic carbocycles. The molecule has 1 unspecified atom stereocenters. The second-order valence-electron chi connectivity index (χ2n) is 3.80. The number of nitrogens with two attached hydrogens (primary N) is 1. The Balaban J connectivity index is 2.80. The Morgan fingerprint density at radius 2 is 2.19 bits per heavy atom. The third-order valence-electron chi connectivity index (χ3n) is 2.47. The van der Waals surface area contributed by atoms with Gasteiger partial charge >= 0.3 is 0 Å². The van der Waals surface area contributed by atoms with Crippen molar-refractivity contribution in [3.05, 3.63) is 29.8 Å². The highest BCUT2D eigenvalue weighted by molar-refractivity contribution is 5.87. The maximum absolute atomic E-state index is 8.58. The van der Waals surface area contributed by atoms with Gasteiger partial charge in [0.2, 0.25) is 0 Å². The van der Waals surface area contributed by atoms with Gasteiger partial charge < -0.3 is 16.3 Å². The Bertz CT molecular complexity index is 363. The van der Waals surface area contributed by atoms with Gasteiger partial charge in [0.1, 0.15) is 0 Å². The van der Waals surface area contributed by atoms with Crippen LogP contribution in [0.4, 0.5) is 5.69 Å². The first-order valence-electron chi connectivity index (χ1n) is 5.50. The Morgan fingerprint density at radius 1 is 1.50 bits per heavy atom. The lowest BCUT2D eigenvalue weighted by Gasteiger charge is -2.16. The number of nitrogens with one attached hydrogen (secondary N) is 1. The SMILES string of the molecule is CCCc1ccccc1NC(C)C(N)=NO. The van der Waals surface area contributed by atoms with Crippen LogP contribution in [0.25, 0.3) is 0 Å². The number of aryl methyl sites for hydroxylation is 1. The van der Waals surface area contributed by atoms with Crippen LogP contribution in [0.1, 0.15) is 25.8 Å². The first-order valence-corrected chi connectivity index (χ1v) is 5.50. The molecule has 88 valence electrons. The number of para-hydroxylation sites is 1. The lowest BCUT2D eigenvalue weighted by Crippen LogP contribution is -2.33. The molecule has 0 spiro atoms. The predicted molar refractivity (Wildman–Crippen MR) is 66.9 cm³/mol. The standard InChI is InChI=1S/C12H19N3O/c1-3-6-10-7-4-5-8-11(10)14-9(2)12(13)15-16/h4-5,7-9,14,16H,3,6H2,1-2H3,(H2,13,15). The minimum Gasteiger partial charge on any atom is -0.409 e. The molecule has 0 saturated carbocycles. The van der Waals surface area contributed by atoms with Crippen LogP contribution in [0.5, 0.6) is 0 Å². The Morgan fingerprint density at radius 3 is 2.81 bits per heavy atom. The van der Waals surface area contributed by atoms with Gasteiger partial charge in [0.15, 0.2) is 5.84 Å². The molecule has 1 atom stereocenters. The average molecular weight is 221 g/mol. The fourth-order valence-corrected chi connectivity index (χ4v) is 1.54. The summed E-state index contributed by atoms with van der Waals surface area (Å²) in [4.78, 5) is 0. The zero-order chi connectivity index (χ0) is 12.0. The van der Waals surface area contributed by atoms with Crippen molar-refractivity contribution in [1.29, 1.82) is 0 Å². The van der Waals surface area contributed by atoms with Crippen molar-refractivity contribution >= 4 is 11.5 Å². The lowest BCUT2D eigenvalue weighted by molar-refractivity contribution is 0.316. The molecule has 0 aliphatic heterocycles. The zero-order valence-corrected chi connectivity index (χ0v) is 9.77. The van der Waals surface area contributed by atoms with E-state index in [0.29, 0.717) is 0 Å². The molecule has 4 nitrogen and oxygen atoms in total. The molecule has 0 heterocycles. The van der Waals surface area contributed by atoms with E-state index in [1.54, 1.807) is 0 Å². The van der Waals surface area contributed by atoms with Crippen LogP contribution >= 0.6 is 0 Å². The molecule has 16 heavy (non-hydrogen) atoms. The van der Waals surface area contributed by atoms with Crippen molar-refractivity contribution in [2.45, 2.75) is 32.7 Å². The first kappa shape index (κ1) is 12.4. The zero-order valence-electron chi connectivity index (χ0n) is 9.77. The minimum atomic E-state index is -0.178. The van der Waals surface area contributed by atoms with E-state index >= 15 is 0 Å². The van der Waals surface area contributed by atoms with Gasteiger partial charge in [0, 0.05) is 5.69 Å². The quantitative estimate of drug-likeness (QED) is 0.309. The average Bonchev–Trinajstić information content (AvgIpc) is 2.31. The summed E-state index contributed by atoms with van der Waals surface area (Å²) < 4.78 is 0. The highest BCUT2D eigenvalue weighted by Gasteiger charge is 2.08. The fourth-order valence-electron chi connectivity index (χ4n) is 1.54. The van der Waals surface area contributed by atoms with Crippen LogP contribution in [-0.2, 0) is 6.42 Å². The van der Waals surface area contributed by atoms with Crippen LogP contribution in [0.15, 0.2) is 29.4 Å². The van der Waals surface area contributed by atoms with Gasteiger partial charge in [-0.1, -0.05) is 36.7 Å². The number of rotatable bonds is 5. The fraction of sp³-hybridized carbons (Fsp3) is 0.417. The molecule has 0 aliphatic carbocycles. The number of oxime groups is 1. The van der Waals surface area contributed by atoms with Crippen LogP contribution in [0, 0.1) is 0 Å². The van der Waals surface area contributed by atoms with E-state index < -0.39 is 0 Å². The molecule has 0 amide bonds. The van der Waals surface area contributed by atoms with Gasteiger partial charge in [-0.15, -0.1) is 0 Å². The molecule has 1 rings (SSSR count). The Hall–Kier alpha value is -1.71. The smallest absolute Gasteiger partial charge is 0.161 e. The van der Waals surface area contributed by atoms with Crippen LogP contribution < -0.4 is 11.1 Å². The molecule has 0 bridgehead atoms. The molecule has 1 aromatic rings. The van der Waals surface area contributed by atoms with Crippen molar-refractivity contribution in [3.8, 4) is 0 Å². The lowest BCUT2D eigenvalue weighted by atomic mass is 10.1. The van der Waals surface area contributed by atoms with Gasteiger partial charge in [-0.05, 0) is 25.0 Å². The molecule has 0 radical (unpaired) electrons. The predicted octanol–water partition coefficient (Wildman–Crippen LogP) is 2.19. The first-order chi connectivity index (χ1) is 7.69. The van der Waals surface area contributed by atoms with Crippen molar-refractivity contribution in [2.75, 3.05) is 5.32 Å². The molecule has 0 saturated heterocycles. The summed E-state index contributed by atoms with van der Waals surface area (Å²) in [5, 5.41) is 14.8. The molecule has 4 heteroatoms. The molecule has 4 N–H and O–H groups in total.